The maximum Gasteiger partial charge on any atom is 0.257 e. The number of carbonyl (C=O) groups excluding carboxylic acids is 1. The number of para-hydroxylation sites is 1. The predicted octanol–water partition coefficient (Wildman–Crippen LogP) is 4.45. The summed E-state index contributed by atoms with van der Waals surface area (Å²) < 4.78 is 15.1. The number of nitrogens with one attached hydrogen (secondary N) is 1. The number of aromatic nitrogens is 1. The molecule has 0 atom stereocenters. The third kappa shape index (κ3) is 2.57. The number of rotatable bonds is 2. The Morgan fingerprint density at radius 2 is 2.05 bits per heavy atom. The SMILES string of the molecule is O=C(Nc1nc2c(F)cccc2s1)c1cccc(Br)c1. The fourth-order valence-electron chi connectivity index (χ4n) is 1.77. The van der Waals surface area contributed by atoms with Crippen LogP contribution in [0.5, 0.6) is 0 Å². The first-order valence-corrected chi connectivity index (χ1v) is 7.36. The summed E-state index contributed by atoms with van der Waals surface area (Å²) in [7, 11) is 0. The topological polar surface area (TPSA) is 42.0 Å². The summed E-state index contributed by atoms with van der Waals surface area (Å²) in [6, 6.07) is 11.8. The first kappa shape index (κ1) is 13.2. The fourth-order valence-corrected chi connectivity index (χ4v) is 3.04. The van der Waals surface area contributed by atoms with Gasteiger partial charge < -0.3 is 0 Å². The van der Waals surface area contributed by atoms with Crippen LogP contribution in [-0.2, 0) is 0 Å². The first-order chi connectivity index (χ1) is 9.63. The summed E-state index contributed by atoms with van der Waals surface area (Å²) in [5.41, 5.74) is 0.793. The average Bonchev–Trinajstić information content (AvgIpc) is 2.83. The maximum atomic E-state index is 13.5. The van der Waals surface area contributed by atoms with Gasteiger partial charge in [0, 0.05) is 10.0 Å². The van der Waals surface area contributed by atoms with E-state index < -0.39 is 0 Å². The third-order valence-corrected chi connectivity index (χ3v) is 4.11. The van der Waals surface area contributed by atoms with Gasteiger partial charge in [-0.2, -0.15) is 0 Å². The van der Waals surface area contributed by atoms with Crippen LogP contribution in [0, 0.1) is 5.82 Å². The van der Waals surface area contributed by atoms with Gasteiger partial charge in [0.2, 0.25) is 0 Å². The number of hydrogen-bond acceptors (Lipinski definition) is 3. The number of fused-ring (bicyclic) bond motifs is 1. The van der Waals surface area contributed by atoms with E-state index in [4.69, 9.17) is 0 Å². The van der Waals surface area contributed by atoms with Gasteiger partial charge in [0.1, 0.15) is 11.3 Å². The molecule has 0 fully saturated rings. The Kier molecular flexibility index (Phi) is 3.50. The van der Waals surface area contributed by atoms with Crippen LogP contribution in [-0.4, -0.2) is 10.9 Å². The second-order valence-corrected chi connectivity index (χ2v) is 6.02. The lowest BCUT2D eigenvalue weighted by Gasteiger charge is -2.01. The number of benzene rings is 2. The predicted molar refractivity (Wildman–Crippen MR) is 81.7 cm³/mol. The zero-order valence-electron chi connectivity index (χ0n) is 10.1. The number of hydrogen-bond donors (Lipinski definition) is 1. The minimum Gasteiger partial charge on any atom is -0.298 e. The Bertz CT molecular complexity index is 803. The highest BCUT2D eigenvalue weighted by molar-refractivity contribution is 9.10. The van der Waals surface area contributed by atoms with Gasteiger partial charge in [-0.05, 0) is 30.3 Å². The molecule has 1 heterocycles. The van der Waals surface area contributed by atoms with E-state index in [1.807, 2.05) is 6.07 Å². The molecule has 0 bridgehead atoms. The van der Waals surface area contributed by atoms with E-state index in [0.717, 1.165) is 4.47 Å². The number of halogens is 2. The molecule has 0 radical (unpaired) electrons. The second kappa shape index (κ2) is 5.30. The van der Waals surface area contributed by atoms with Gasteiger partial charge in [-0.1, -0.05) is 39.4 Å². The molecule has 3 nitrogen and oxygen atoms in total. The molecule has 2 aromatic carbocycles. The van der Waals surface area contributed by atoms with Crippen molar-refractivity contribution in [2.45, 2.75) is 0 Å². The number of thiazole rings is 1. The molecule has 1 aromatic heterocycles. The van der Waals surface area contributed by atoms with Crippen molar-refractivity contribution in [2.24, 2.45) is 0 Å². The second-order valence-electron chi connectivity index (χ2n) is 4.07. The van der Waals surface area contributed by atoms with Crippen LogP contribution < -0.4 is 5.32 Å². The van der Waals surface area contributed by atoms with Crippen molar-refractivity contribution >= 4 is 48.5 Å². The zero-order chi connectivity index (χ0) is 14.1. The summed E-state index contributed by atoms with van der Waals surface area (Å²) in [5.74, 6) is -0.660. The summed E-state index contributed by atoms with van der Waals surface area (Å²) in [6.45, 7) is 0. The van der Waals surface area contributed by atoms with Crippen LogP contribution in [0.25, 0.3) is 10.2 Å². The van der Waals surface area contributed by atoms with E-state index in [1.54, 1.807) is 30.3 Å². The average molecular weight is 351 g/mol. The summed E-state index contributed by atoms with van der Waals surface area (Å²) in [5, 5.41) is 3.07. The summed E-state index contributed by atoms with van der Waals surface area (Å²) in [6.07, 6.45) is 0. The molecule has 0 aliphatic carbocycles. The molecule has 0 saturated heterocycles. The summed E-state index contributed by atoms with van der Waals surface area (Å²) >= 11 is 4.55. The highest BCUT2D eigenvalue weighted by Gasteiger charge is 2.11. The largest absolute Gasteiger partial charge is 0.298 e. The van der Waals surface area contributed by atoms with Crippen molar-refractivity contribution in [3.63, 3.8) is 0 Å². The maximum absolute atomic E-state index is 13.5. The lowest BCUT2D eigenvalue weighted by Crippen LogP contribution is -2.11. The Balaban J connectivity index is 1.89. The van der Waals surface area contributed by atoms with Crippen LogP contribution in [0.4, 0.5) is 9.52 Å². The van der Waals surface area contributed by atoms with Gasteiger partial charge >= 0.3 is 0 Å². The van der Waals surface area contributed by atoms with Crippen LogP contribution in [0.2, 0.25) is 0 Å². The lowest BCUT2D eigenvalue weighted by molar-refractivity contribution is 0.102. The Morgan fingerprint density at radius 1 is 1.25 bits per heavy atom. The van der Waals surface area contributed by atoms with Crippen molar-refractivity contribution < 1.29 is 9.18 Å². The standard InChI is InChI=1S/C14H8BrFN2OS/c15-9-4-1-3-8(7-9)13(19)18-14-17-12-10(16)5-2-6-11(12)20-14/h1-7H,(H,17,18,19). The molecule has 0 aliphatic rings. The number of carbonyl (C=O) groups is 1. The van der Waals surface area contributed by atoms with Gasteiger partial charge in [-0.25, -0.2) is 9.37 Å². The number of nitrogens with zero attached hydrogens (tertiary/aromatic N) is 1. The molecule has 3 aromatic rings. The van der Waals surface area contributed by atoms with E-state index in [-0.39, 0.29) is 17.2 Å². The Hall–Kier alpha value is -1.79. The Labute approximate surface area is 126 Å². The van der Waals surface area contributed by atoms with E-state index in [0.29, 0.717) is 15.4 Å². The van der Waals surface area contributed by atoms with Gasteiger partial charge in [0.15, 0.2) is 5.13 Å². The van der Waals surface area contributed by atoms with E-state index in [1.165, 1.54) is 17.4 Å². The molecule has 6 heteroatoms. The summed E-state index contributed by atoms with van der Waals surface area (Å²) in [4.78, 5) is 16.2. The van der Waals surface area contributed by atoms with Crippen LogP contribution in [0.15, 0.2) is 46.9 Å². The van der Waals surface area contributed by atoms with Gasteiger partial charge in [-0.15, -0.1) is 0 Å². The molecule has 0 aliphatic heterocycles. The molecular weight excluding hydrogens is 343 g/mol. The lowest BCUT2D eigenvalue weighted by atomic mass is 10.2. The molecule has 0 spiro atoms. The van der Waals surface area contributed by atoms with Crippen molar-refractivity contribution in [3.05, 3.63) is 58.3 Å². The molecule has 3 rings (SSSR count). The zero-order valence-corrected chi connectivity index (χ0v) is 12.5. The molecule has 0 unspecified atom stereocenters. The third-order valence-electron chi connectivity index (χ3n) is 2.68. The normalized spacial score (nSPS) is 10.7. The molecule has 1 amide bonds. The fraction of sp³-hybridized carbons (Fsp3) is 0. The highest BCUT2D eigenvalue weighted by atomic mass is 79.9. The number of anilines is 1. The first-order valence-electron chi connectivity index (χ1n) is 5.75. The van der Waals surface area contributed by atoms with Crippen LogP contribution in [0.3, 0.4) is 0 Å². The smallest absolute Gasteiger partial charge is 0.257 e. The van der Waals surface area contributed by atoms with Gasteiger partial charge in [0.05, 0.1) is 4.70 Å². The molecule has 1 N–H and O–H groups in total. The molecule has 0 saturated carbocycles. The van der Waals surface area contributed by atoms with Crippen molar-refractivity contribution in [1.29, 1.82) is 0 Å². The number of amides is 1. The van der Waals surface area contributed by atoms with Gasteiger partial charge in [0.25, 0.3) is 5.91 Å². The van der Waals surface area contributed by atoms with Crippen molar-refractivity contribution in [1.82, 2.24) is 4.98 Å². The van der Waals surface area contributed by atoms with E-state index in [9.17, 15) is 9.18 Å². The van der Waals surface area contributed by atoms with Crippen LogP contribution in [0.1, 0.15) is 10.4 Å². The van der Waals surface area contributed by atoms with Crippen LogP contribution >= 0.6 is 27.3 Å². The minimum atomic E-state index is -0.387. The quantitative estimate of drug-likeness (QED) is 0.741. The Morgan fingerprint density at radius 3 is 2.80 bits per heavy atom. The van der Waals surface area contributed by atoms with Crippen molar-refractivity contribution in [2.75, 3.05) is 5.32 Å². The molecule has 20 heavy (non-hydrogen) atoms. The molecular formula is C14H8BrFN2OS. The molecule has 100 valence electrons. The van der Waals surface area contributed by atoms with E-state index >= 15 is 0 Å². The monoisotopic (exact) mass is 350 g/mol. The van der Waals surface area contributed by atoms with E-state index in [2.05, 4.69) is 26.2 Å². The van der Waals surface area contributed by atoms with Gasteiger partial charge in [-0.3, -0.25) is 10.1 Å². The highest BCUT2D eigenvalue weighted by Crippen LogP contribution is 2.27. The van der Waals surface area contributed by atoms with Crippen molar-refractivity contribution in [3.8, 4) is 0 Å². The minimum absolute atomic E-state index is 0.272.